The van der Waals surface area contributed by atoms with Gasteiger partial charge in [-0.2, -0.15) is 5.26 Å². The van der Waals surface area contributed by atoms with E-state index in [0.717, 1.165) is 12.8 Å². The van der Waals surface area contributed by atoms with Crippen molar-refractivity contribution in [3.05, 3.63) is 0 Å². The smallest absolute Gasteiger partial charge is 0.0981 e. The molecule has 0 saturated heterocycles. The van der Waals surface area contributed by atoms with Gasteiger partial charge >= 0.3 is 0 Å². The molecule has 3 nitrogen and oxygen atoms in total. The van der Waals surface area contributed by atoms with E-state index in [2.05, 4.69) is 0 Å². The minimum absolute atomic E-state index is 0.267. The highest BCUT2D eigenvalue weighted by Crippen LogP contribution is 2.22. The zero-order valence-electron chi connectivity index (χ0n) is 8.03. The second-order valence-corrected chi connectivity index (χ2v) is 5.32. The molecule has 0 aromatic rings. The van der Waals surface area contributed by atoms with E-state index in [-0.39, 0.29) is 6.54 Å². The fourth-order valence-corrected chi connectivity index (χ4v) is 3.11. The largest absolute Gasteiger partial charge is 0.242 e. The van der Waals surface area contributed by atoms with Gasteiger partial charge in [-0.1, -0.05) is 19.3 Å². The molecule has 0 aliphatic heterocycles. The third-order valence-corrected chi connectivity index (χ3v) is 4.22. The predicted octanol–water partition coefficient (Wildman–Crippen LogP) is 1.44. The highest BCUT2D eigenvalue weighted by atomic mass is 32.2. The third kappa shape index (κ3) is 3.09. The van der Waals surface area contributed by atoms with Crippen LogP contribution < -0.4 is 0 Å². The Morgan fingerprint density at radius 1 is 1.46 bits per heavy atom. The van der Waals surface area contributed by atoms with Crippen LogP contribution in [0.15, 0.2) is 0 Å². The fraction of sp³-hybridized carbons (Fsp3) is 0.889. The number of hydrogen-bond acceptors (Lipinski definition) is 2. The summed E-state index contributed by atoms with van der Waals surface area (Å²) in [5.74, 6) is 0. The molecule has 0 aromatic heterocycles. The first-order chi connectivity index (χ1) is 6.25. The molecule has 13 heavy (non-hydrogen) atoms. The summed E-state index contributed by atoms with van der Waals surface area (Å²) in [6.45, 7) is 0.267. The zero-order chi connectivity index (χ0) is 9.68. The number of nitriles is 1. The summed E-state index contributed by atoms with van der Waals surface area (Å²) in [5, 5.41) is 8.76. The quantitative estimate of drug-likeness (QED) is 0.647. The molecule has 74 valence electrons. The number of hydrogen-bond donors (Lipinski definition) is 0. The third-order valence-electron chi connectivity index (χ3n) is 2.44. The standard InChI is InChI=1S/C9H16N2OS/c1-11(8-7-10)13(12)9-5-3-2-4-6-9/h9H,2-6,8H2,1H3. The first kappa shape index (κ1) is 10.7. The van der Waals surface area contributed by atoms with Gasteiger partial charge in [0.2, 0.25) is 0 Å². The molecule has 4 heteroatoms. The lowest BCUT2D eigenvalue weighted by Crippen LogP contribution is -2.31. The van der Waals surface area contributed by atoms with E-state index in [4.69, 9.17) is 5.26 Å². The molecule has 0 bridgehead atoms. The molecule has 1 unspecified atom stereocenters. The molecule has 0 N–H and O–H groups in total. The summed E-state index contributed by atoms with van der Waals surface area (Å²) < 4.78 is 13.4. The van der Waals surface area contributed by atoms with E-state index in [0.29, 0.717) is 5.25 Å². The van der Waals surface area contributed by atoms with Crippen LogP contribution in [-0.2, 0) is 11.0 Å². The molecule has 1 saturated carbocycles. The van der Waals surface area contributed by atoms with Crippen LogP contribution in [0.25, 0.3) is 0 Å². The van der Waals surface area contributed by atoms with Crippen LogP contribution in [0.1, 0.15) is 32.1 Å². The Bertz CT molecular complexity index is 218. The van der Waals surface area contributed by atoms with Gasteiger partial charge in [0.25, 0.3) is 0 Å². The Kier molecular flexibility index (Phi) is 4.40. The van der Waals surface area contributed by atoms with Crippen LogP contribution in [-0.4, -0.2) is 27.4 Å². The molecule has 1 rings (SSSR count). The van der Waals surface area contributed by atoms with Crippen molar-refractivity contribution in [2.75, 3.05) is 13.6 Å². The van der Waals surface area contributed by atoms with Gasteiger partial charge < -0.3 is 0 Å². The summed E-state index contributed by atoms with van der Waals surface area (Å²) in [6, 6.07) is 2.02. The van der Waals surface area contributed by atoms with Crippen molar-refractivity contribution in [1.29, 1.82) is 5.26 Å². The first-order valence-electron chi connectivity index (χ1n) is 4.74. The van der Waals surface area contributed by atoms with Crippen LogP contribution in [0.4, 0.5) is 0 Å². The molecular formula is C9H16N2OS. The van der Waals surface area contributed by atoms with Crippen LogP contribution in [0.2, 0.25) is 0 Å². The first-order valence-corrected chi connectivity index (χ1v) is 5.91. The lowest BCUT2D eigenvalue weighted by Gasteiger charge is -2.24. The van der Waals surface area contributed by atoms with Crippen molar-refractivity contribution in [2.45, 2.75) is 37.4 Å². The van der Waals surface area contributed by atoms with Gasteiger partial charge in [0.15, 0.2) is 0 Å². The van der Waals surface area contributed by atoms with Crippen molar-refractivity contribution < 1.29 is 4.21 Å². The summed E-state index contributed by atoms with van der Waals surface area (Å²) in [6.07, 6.45) is 5.77. The topological polar surface area (TPSA) is 44.1 Å². The summed E-state index contributed by atoms with van der Waals surface area (Å²) >= 11 is 0. The number of rotatable bonds is 3. The Morgan fingerprint density at radius 2 is 2.08 bits per heavy atom. The second kappa shape index (κ2) is 5.36. The van der Waals surface area contributed by atoms with E-state index in [9.17, 15) is 4.21 Å². The van der Waals surface area contributed by atoms with E-state index >= 15 is 0 Å². The van der Waals surface area contributed by atoms with Gasteiger partial charge in [-0.3, -0.25) is 0 Å². The second-order valence-electron chi connectivity index (χ2n) is 3.48. The average Bonchev–Trinajstić information content (AvgIpc) is 2.18. The minimum Gasteiger partial charge on any atom is -0.242 e. The maximum Gasteiger partial charge on any atom is 0.0981 e. The average molecular weight is 200 g/mol. The molecule has 0 spiro atoms. The molecule has 0 amide bonds. The maximum atomic E-state index is 11.8. The fourth-order valence-electron chi connectivity index (χ4n) is 1.68. The monoisotopic (exact) mass is 200 g/mol. The summed E-state index contributed by atoms with van der Waals surface area (Å²) in [5.41, 5.74) is 0. The van der Waals surface area contributed by atoms with E-state index in [1.807, 2.05) is 6.07 Å². The van der Waals surface area contributed by atoms with Gasteiger partial charge in [-0.15, -0.1) is 0 Å². The highest BCUT2D eigenvalue weighted by Gasteiger charge is 2.22. The van der Waals surface area contributed by atoms with Gasteiger partial charge in [0.1, 0.15) is 0 Å². The molecule has 1 aliphatic carbocycles. The van der Waals surface area contributed by atoms with Crippen LogP contribution in [0, 0.1) is 11.3 Å². The van der Waals surface area contributed by atoms with Crippen LogP contribution in [0.5, 0.6) is 0 Å². The van der Waals surface area contributed by atoms with E-state index in [1.165, 1.54) is 19.3 Å². The minimum atomic E-state index is -0.940. The van der Waals surface area contributed by atoms with E-state index in [1.54, 1.807) is 11.4 Å². The lowest BCUT2D eigenvalue weighted by atomic mass is 10.0. The lowest BCUT2D eigenvalue weighted by molar-refractivity contribution is 0.480. The van der Waals surface area contributed by atoms with Gasteiger partial charge in [-0.05, 0) is 12.8 Å². The zero-order valence-corrected chi connectivity index (χ0v) is 8.85. The molecule has 0 heterocycles. The van der Waals surface area contributed by atoms with Crippen molar-refractivity contribution in [3.63, 3.8) is 0 Å². The molecule has 0 aromatic carbocycles. The van der Waals surface area contributed by atoms with Crippen molar-refractivity contribution in [1.82, 2.24) is 4.31 Å². The SMILES string of the molecule is CN(CC#N)S(=O)C1CCCCC1. The van der Waals surface area contributed by atoms with Gasteiger partial charge in [0, 0.05) is 12.3 Å². The highest BCUT2D eigenvalue weighted by molar-refractivity contribution is 7.83. The normalized spacial score (nSPS) is 21.3. The van der Waals surface area contributed by atoms with Crippen molar-refractivity contribution in [2.24, 2.45) is 0 Å². The summed E-state index contributed by atoms with van der Waals surface area (Å²) in [7, 11) is 0.818. The maximum absolute atomic E-state index is 11.8. The Balaban J connectivity index is 2.41. The molecule has 1 aliphatic rings. The summed E-state index contributed by atoms with van der Waals surface area (Å²) in [4.78, 5) is 0. The predicted molar refractivity (Wildman–Crippen MR) is 53.3 cm³/mol. The molecular weight excluding hydrogens is 184 g/mol. The van der Waals surface area contributed by atoms with Crippen LogP contribution in [0.3, 0.4) is 0 Å². The van der Waals surface area contributed by atoms with Gasteiger partial charge in [0.05, 0.1) is 23.6 Å². The van der Waals surface area contributed by atoms with Crippen LogP contribution >= 0.6 is 0 Å². The Hall–Kier alpha value is -0.400. The van der Waals surface area contributed by atoms with Gasteiger partial charge in [-0.25, -0.2) is 8.51 Å². The number of nitrogens with zero attached hydrogens (tertiary/aromatic N) is 2. The molecule has 1 fully saturated rings. The van der Waals surface area contributed by atoms with Crippen molar-refractivity contribution in [3.8, 4) is 6.07 Å². The van der Waals surface area contributed by atoms with E-state index < -0.39 is 11.0 Å². The molecule has 1 atom stereocenters. The Labute approximate surface area is 82.3 Å². The Morgan fingerprint density at radius 3 is 2.62 bits per heavy atom. The van der Waals surface area contributed by atoms with Crippen molar-refractivity contribution >= 4 is 11.0 Å². The molecule has 0 radical (unpaired) electrons.